The van der Waals surface area contributed by atoms with E-state index in [9.17, 15) is 0 Å². The number of fused-ring (bicyclic) bond motifs is 14. The van der Waals surface area contributed by atoms with Gasteiger partial charge in [0.2, 0.25) is 0 Å². The zero-order chi connectivity index (χ0) is 35.2. The quantitative estimate of drug-likeness (QED) is 0.219. The maximum Gasteiger partial charge on any atom is 0.252 e. The van der Waals surface area contributed by atoms with E-state index in [2.05, 4.69) is 109 Å². The van der Waals surface area contributed by atoms with Crippen LogP contribution in [0.3, 0.4) is 0 Å². The molecule has 0 aromatic heterocycles. The molecule has 0 amide bonds. The van der Waals surface area contributed by atoms with E-state index in [-0.39, 0.29) is 34.0 Å². The van der Waals surface area contributed by atoms with Crippen molar-refractivity contribution < 1.29 is 0 Å². The zero-order valence-electron chi connectivity index (χ0n) is 33.2. The third-order valence-corrected chi connectivity index (χ3v) is 18.1. The largest absolute Gasteiger partial charge is 0.335 e. The standard InChI is InChI=1S/C48H61BN2/c1-28-22-35-42-37(23-28)49-38-27-32(44(3,4)5)26-36-43(38)51(46(7)21-19-31-15-11-13-17-34(31)48(36,46)9)40-25-29(2)24-39(41(40)49)50(42)45(6)20-18-30-14-10-12-16-33(30)47(35,45)8/h22-27,30-31,33-34H,10-21H2,1-9H3. The van der Waals surface area contributed by atoms with Crippen LogP contribution in [-0.4, -0.2) is 17.8 Å². The molecule has 4 aliphatic heterocycles. The molecule has 0 radical (unpaired) electrons. The van der Waals surface area contributed by atoms with Gasteiger partial charge in [-0.25, -0.2) is 0 Å². The van der Waals surface area contributed by atoms with E-state index in [4.69, 9.17) is 0 Å². The highest BCUT2D eigenvalue weighted by molar-refractivity contribution is 7.00. The summed E-state index contributed by atoms with van der Waals surface area (Å²) in [5.41, 5.74) is 19.5. The average Bonchev–Trinajstić information content (AvgIpc) is 3.44. The van der Waals surface area contributed by atoms with E-state index in [1.54, 1.807) is 55.8 Å². The van der Waals surface area contributed by atoms with Gasteiger partial charge in [-0.3, -0.25) is 0 Å². The Morgan fingerprint density at radius 1 is 0.588 bits per heavy atom. The number of nitrogens with zero attached hydrogens (tertiary/aromatic N) is 2. The van der Waals surface area contributed by atoms with E-state index in [1.165, 1.54) is 88.2 Å². The summed E-state index contributed by atoms with van der Waals surface area (Å²) >= 11 is 0. The Bertz CT molecular complexity index is 2040. The van der Waals surface area contributed by atoms with Crippen molar-refractivity contribution in [2.75, 3.05) is 9.80 Å². The number of hydrogen-bond acceptors (Lipinski definition) is 2. The minimum absolute atomic E-state index is 0.0628. The maximum absolute atomic E-state index is 3.01. The Kier molecular flexibility index (Phi) is 6.05. The molecule has 0 N–H and O–H groups in total. The van der Waals surface area contributed by atoms with Crippen LogP contribution >= 0.6 is 0 Å². The van der Waals surface area contributed by atoms with Crippen LogP contribution in [0.4, 0.5) is 22.7 Å². The highest BCUT2D eigenvalue weighted by Gasteiger charge is 2.69. The molecule has 4 fully saturated rings. The number of anilines is 4. The Balaban J connectivity index is 1.26. The van der Waals surface area contributed by atoms with E-state index >= 15 is 0 Å². The molecule has 4 heterocycles. The molecule has 4 saturated carbocycles. The van der Waals surface area contributed by atoms with Gasteiger partial charge in [-0.1, -0.05) is 103 Å². The van der Waals surface area contributed by atoms with E-state index < -0.39 is 0 Å². The molecule has 0 saturated heterocycles. The normalized spacial score (nSPS) is 37.9. The molecule has 3 aromatic carbocycles. The van der Waals surface area contributed by atoms with Crippen molar-refractivity contribution in [3.63, 3.8) is 0 Å². The monoisotopic (exact) mass is 676 g/mol. The SMILES string of the molecule is Cc1cc2c3c(c1)N1c4c(cc(C(C)(C)C)cc4C4(C)C5CCCCC5CCC14C)B3c1cc(C)cc3c1N2C1(C)CCC2CCCCC2C31C. The van der Waals surface area contributed by atoms with Crippen molar-refractivity contribution in [3.05, 3.63) is 64.2 Å². The molecule has 51 heavy (non-hydrogen) atoms. The van der Waals surface area contributed by atoms with Crippen molar-refractivity contribution in [1.29, 1.82) is 0 Å². The van der Waals surface area contributed by atoms with Gasteiger partial charge in [0, 0.05) is 33.6 Å². The zero-order valence-corrected chi connectivity index (χ0v) is 33.2. The lowest BCUT2D eigenvalue weighted by molar-refractivity contribution is 0.0318. The highest BCUT2D eigenvalue weighted by Crippen LogP contribution is 2.69. The molecular weight excluding hydrogens is 615 g/mol. The fraction of sp³-hybridized carbons (Fsp3) is 0.625. The summed E-state index contributed by atoms with van der Waals surface area (Å²) in [5, 5.41) is 0. The van der Waals surface area contributed by atoms with Crippen molar-refractivity contribution in [2.24, 2.45) is 23.7 Å². The Labute approximate surface area is 309 Å². The van der Waals surface area contributed by atoms with Crippen LogP contribution in [0.25, 0.3) is 0 Å². The lowest BCUT2D eigenvalue weighted by Gasteiger charge is -2.60. The predicted octanol–water partition coefficient (Wildman–Crippen LogP) is 10.3. The Hall–Kier alpha value is -2.68. The van der Waals surface area contributed by atoms with Crippen LogP contribution in [0.2, 0.25) is 0 Å². The number of aryl methyl sites for hydroxylation is 2. The average molecular weight is 677 g/mol. The molecule has 0 spiro atoms. The molecule has 0 bridgehead atoms. The van der Waals surface area contributed by atoms with Crippen molar-refractivity contribution in [2.45, 2.75) is 167 Å². The summed E-state index contributed by atoms with van der Waals surface area (Å²) in [5.74, 6) is 3.27. The topological polar surface area (TPSA) is 6.48 Å². The smallest absolute Gasteiger partial charge is 0.252 e. The fourth-order valence-corrected chi connectivity index (χ4v) is 15.3. The molecule has 8 atom stereocenters. The van der Waals surface area contributed by atoms with Crippen LogP contribution < -0.4 is 26.2 Å². The first-order valence-electron chi connectivity index (χ1n) is 21.3. The van der Waals surface area contributed by atoms with Crippen LogP contribution in [-0.2, 0) is 16.2 Å². The first-order valence-corrected chi connectivity index (χ1v) is 21.3. The lowest BCUT2D eigenvalue weighted by Crippen LogP contribution is -2.68. The number of rotatable bonds is 0. The van der Waals surface area contributed by atoms with Gasteiger partial charge in [0.1, 0.15) is 0 Å². The van der Waals surface area contributed by atoms with Crippen molar-refractivity contribution in [1.82, 2.24) is 0 Å². The van der Waals surface area contributed by atoms with E-state index in [1.807, 2.05) is 0 Å². The van der Waals surface area contributed by atoms with Gasteiger partial charge in [-0.2, -0.15) is 0 Å². The van der Waals surface area contributed by atoms with Crippen LogP contribution in [0.15, 0.2) is 36.4 Å². The molecular formula is C48H61BN2. The Morgan fingerprint density at radius 3 is 1.59 bits per heavy atom. The molecule has 266 valence electrons. The third-order valence-electron chi connectivity index (χ3n) is 18.1. The first-order chi connectivity index (χ1) is 24.2. The van der Waals surface area contributed by atoms with E-state index in [0.717, 1.165) is 23.7 Å². The number of benzene rings is 3. The van der Waals surface area contributed by atoms with Crippen LogP contribution in [0, 0.1) is 37.5 Å². The van der Waals surface area contributed by atoms with E-state index in [0.29, 0.717) is 0 Å². The van der Waals surface area contributed by atoms with Gasteiger partial charge in [0.15, 0.2) is 0 Å². The summed E-state index contributed by atoms with van der Waals surface area (Å²) < 4.78 is 0. The van der Waals surface area contributed by atoms with Gasteiger partial charge >= 0.3 is 0 Å². The number of hydrogen-bond donors (Lipinski definition) is 0. The van der Waals surface area contributed by atoms with Crippen molar-refractivity contribution >= 4 is 45.9 Å². The summed E-state index contributed by atoms with van der Waals surface area (Å²) in [6, 6.07) is 16.1. The van der Waals surface area contributed by atoms with Crippen molar-refractivity contribution in [3.8, 4) is 0 Å². The molecule has 8 unspecified atom stereocenters. The fourth-order valence-electron chi connectivity index (χ4n) is 15.3. The summed E-state index contributed by atoms with van der Waals surface area (Å²) in [7, 11) is 0. The predicted molar refractivity (Wildman–Crippen MR) is 217 cm³/mol. The van der Waals surface area contributed by atoms with Crippen LogP contribution in [0.5, 0.6) is 0 Å². The summed E-state index contributed by atoms with van der Waals surface area (Å²) in [6.45, 7) is 23.4. The maximum atomic E-state index is 3.01. The first kappa shape index (κ1) is 31.8. The van der Waals surface area contributed by atoms with Crippen LogP contribution in [0.1, 0.15) is 153 Å². The second-order valence-corrected chi connectivity index (χ2v) is 21.1. The van der Waals surface area contributed by atoms with Gasteiger partial charge in [-0.15, -0.1) is 0 Å². The minimum Gasteiger partial charge on any atom is -0.335 e. The van der Waals surface area contributed by atoms with Gasteiger partial charge in [0.05, 0.1) is 11.1 Å². The molecule has 8 aliphatic rings. The van der Waals surface area contributed by atoms with Gasteiger partial charge in [-0.05, 0) is 146 Å². The van der Waals surface area contributed by atoms with Gasteiger partial charge < -0.3 is 9.80 Å². The third kappa shape index (κ3) is 3.47. The second kappa shape index (κ2) is 9.70. The minimum atomic E-state index is 0.0628. The highest BCUT2D eigenvalue weighted by atomic mass is 15.3. The lowest BCUT2D eigenvalue weighted by atomic mass is 9.33. The molecule has 2 nitrogen and oxygen atoms in total. The summed E-state index contributed by atoms with van der Waals surface area (Å²) in [4.78, 5) is 6.01. The molecule has 4 aliphatic carbocycles. The molecule has 3 aromatic rings. The molecule has 11 rings (SSSR count). The summed E-state index contributed by atoms with van der Waals surface area (Å²) in [6.07, 6.45) is 16.7. The Morgan fingerprint density at radius 2 is 1.06 bits per heavy atom. The van der Waals surface area contributed by atoms with Gasteiger partial charge in [0.25, 0.3) is 6.71 Å². The second-order valence-electron chi connectivity index (χ2n) is 21.1. The molecule has 3 heteroatoms.